The molecule has 0 aromatic carbocycles. The fraction of sp³-hybridized carbons (Fsp3) is 1.00. The molecule has 2 fully saturated rings. The van der Waals surface area contributed by atoms with Gasteiger partial charge in [0.2, 0.25) is 0 Å². The van der Waals surface area contributed by atoms with Gasteiger partial charge in [0.1, 0.15) is 0 Å². The van der Waals surface area contributed by atoms with Crippen molar-refractivity contribution in [3.8, 4) is 0 Å². The van der Waals surface area contributed by atoms with Gasteiger partial charge in [-0.1, -0.05) is 0 Å². The van der Waals surface area contributed by atoms with Crippen LogP contribution in [0.5, 0.6) is 0 Å². The Labute approximate surface area is 119 Å². The van der Waals surface area contributed by atoms with Gasteiger partial charge >= 0.3 is 0 Å². The summed E-state index contributed by atoms with van der Waals surface area (Å²) in [5, 5.41) is 3.52. The lowest BCUT2D eigenvalue weighted by atomic mass is 9.75. The Balaban J connectivity index is 0.00000162. The summed E-state index contributed by atoms with van der Waals surface area (Å²) in [6.45, 7) is 4.96. The molecule has 1 atom stereocenters. The van der Waals surface area contributed by atoms with Crippen LogP contribution in [-0.2, 0) is 0 Å². The molecule has 1 heterocycles. The summed E-state index contributed by atoms with van der Waals surface area (Å²) in [6.07, 6.45) is 6.95. The van der Waals surface area contributed by atoms with E-state index in [0.29, 0.717) is 5.54 Å². The van der Waals surface area contributed by atoms with Crippen molar-refractivity contribution in [3.63, 3.8) is 0 Å². The van der Waals surface area contributed by atoms with Crippen LogP contribution >= 0.6 is 12.4 Å². The van der Waals surface area contributed by atoms with Crippen molar-refractivity contribution in [2.24, 2.45) is 5.92 Å². The second kappa shape index (κ2) is 7.09. The second-order valence-electron chi connectivity index (χ2n) is 6.38. The molecule has 18 heavy (non-hydrogen) atoms. The molecule has 0 aromatic heterocycles. The number of hydrogen-bond donors (Lipinski definition) is 1. The maximum Gasteiger partial charge on any atom is 0.0330 e. The number of nitrogens with one attached hydrogen (secondary N) is 1. The van der Waals surface area contributed by atoms with E-state index in [9.17, 15) is 0 Å². The van der Waals surface area contributed by atoms with Gasteiger partial charge in [-0.3, -0.25) is 0 Å². The molecule has 1 saturated carbocycles. The molecule has 0 aromatic rings. The molecule has 1 aliphatic heterocycles. The normalized spacial score (nSPS) is 26.8. The van der Waals surface area contributed by atoms with Crippen molar-refractivity contribution in [2.75, 3.05) is 47.3 Å². The average molecular weight is 276 g/mol. The van der Waals surface area contributed by atoms with E-state index in [1.807, 2.05) is 0 Å². The van der Waals surface area contributed by atoms with E-state index in [1.54, 1.807) is 0 Å². The van der Waals surface area contributed by atoms with Crippen molar-refractivity contribution in [1.82, 2.24) is 15.1 Å². The first-order valence-corrected chi connectivity index (χ1v) is 7.19. The standard InChI is InChI=1S/C14H29N3.ClH/c1-16(2)14(7-5-8-14)12-17(3)11-13-6-4-9-15-10-13;/h13,15H,4-12H2,1-3H3;1H. The van der Waals surface area contributed by atoms with Crippen LogP contribution in [-0.4, -0.2) is 62.7 Å². The van der Waals surface area contributed by atoms with Gasteiger partial charge in [0.15, 0.2) is 0 Å². The molecule has 2 rings (SSSR count). The highest BCUT2D eigenvalue weighted by molar-refractivity contribution is 5.85. The van der Waals surface area contributed by atoms with Crippen LogP contribution < -0.4 is 5.32 Å². The zero-order valence-electron chi connectivity index (χ0n) is 12.2. The maximum absolute atomic E-state index is 3.52. The Morgan fingerprint density at radius 1 is 1.17 bits per heavy atom. The molecule has 1 unspecified atom stereocenters. The highest BCUT2D eigenvalue weighted by atomic mass is 35.5. The lowest BCUT2D eigenvalue weighted by Gasteiger charge is -2.49. The van der Waals surface area contributed by atoms with E-state index in [-0.39, 0.29) is 12.4 Å². The van der Waals surface area contributed by atoms with Crippen LogP contribution in [0.15, 0.2) is 0 Å². The average Bonchev–Trinajstić information content (AvgIpc) is 2.24. The van der Waals surface area contributed by atoms with E-state index < -0.39 is 0 Å². The van der Waals surface area contributed by atoms with E-state index in [1.165, 1.54) is 58.3 Å². The topological polar surface area (TPSA) is 18.5 Å². The first kappa shape index (κ1) is 16.2. The summed E-state index contributed by atoms with van der Waals surface area (Å²) in [7, 11) is 6.79. The highest BCUT2D eigenvalue weighted by Gasteiger charge is 2.39. The molecule has 1 aliphatic carbocycles. The second-order valence-corrected chi connectivity index (χ2v) is 6.38. The molecule has 1 saturated heterocycles. The number of piperidine rings is 1. The smallest absolute Gasteiger partial charge is 0.0330 e. The molecule has 0 bridgehead atoms. The zero-order chi connectivity index (χ0) is 12.3. The third kappa shape index (κ3) is 3.83. The van der Waals surface area contributed by atoms with Gasteiger partial charge in [0, 0.05) is 18.6 Å². The lowest BCUT2D eigenvalue weighted by molar-refractivity contribution is 0.0231. The van der Waals surface area contributed by atoms with Crippen LogP contribution in [0.3, 0.4) is 0 Å². The summed E-state index contributed by atoms with van der Waals surface area (Å²) >= 11 is 0. The zero-order valence-corrected chi connectivity index (χ0v) is 13.1. The number of halogens is 1. The first-order valence-electron chi connectivity index (χ1n) is 7.19. The minimum atomic E-state index is 0. The molecule has 0 spiro atoms. The Kier molecular flexibility index (Phi) is 6.39. The van der Waals surface area contributed by atoms with Gasteiger partial charge in [-0.25, -0.2) is 0 Å². The van der Waals surface area contributed by atoms with E-state index in [2.05, 4.69) is 36.3 Å². The molecule has 3 nitrogen and oxygen atoms in total. The molecular weight excluding hydrogens is 246 g/mol. The Morgan fingerprint density at radius 3 is 2.33 bits per heavy atom. The number of rotatable bonds is 5. The number of nitrogens with zero attached hydrogens (tertiary/aromatic N) is 2. The van der Waals surface area contributed by atoms with Crippen molar-refractivity contribution >= 4 is 12.4 Å². The minimum Gasteiger partial charge on any atom is -0.316 e. The Hall–Kier alpha value is 0.170. The summed E-state index contributed by atoms with van der Waals surface area (Å²) in [4.78, 5) is 5.02. The fourth-order valence-electron chi connectivity index (χ4n) is 3.42. The van der Waals surface area contributed by atoms with Crippen molar-refractivity contribution in [3.05, 3.63) is 0 Å². The predicted octanol–water partition coefficient (Wildman–Crippen LogP) is 1.82. The van der Waals surface area contributed by atoms with Crippen molar-refractivity contribution < 1.29 is 0 Å². The monoisotopic (exact) mass is 275 g/mol. The summed E-state index contributed by atoms with van der Waals surface area (Å²) < 4.78 is 0. The van der Waals surface area contributed by atoms with Gasteiger partial charge in [-0.05, 0) is 72.3 Å². The molecule has 0 radical (unpaired) electrons. The fourth-order valence-corrected chi connectivity index (χ4v) is 3.42. The third-order valence-corrected chi connectivity index (χ3v) is 4.77. The third-order valence-electron chi connectivity index (χ3n) is 4.77. The molecule has 2 aliphatic rings. The molecule has 0 amide bonds. The predicted molar refractivity (Wildman–Crippen MR) is 80.6 cm³/mol. The SMILES string of the molecule is CN(CC1CCCNC1)CC1(N(C)C)CCC1.Cl. The molecular formula is C14H30ClN3. The minimum absolute atomic E-state index is 0. The van der Waals surface area contributed by atoms with Crippen molar-refractivity contribution in [1.29, 1.82) is 0 Å². The van der Waals surface area contributed by atoms with Crippen LogP contribution in [0.2, 0.25) is 0 Å². The van der Waals surface area contributed by atoms with E-state index in [4.69, 9.17) is 0 Å². The lowest BCUT2D eigenvalue weighted by Crippen LogP contribution is -2.57. The Bertz CT molecular complexity index is 235. The molecule has 4 heteroatoms. The number of likely N-dealkylation sites (N-methyl/N-ethyl adjacent to an activating group) is 2. The summed E-state index contributed by atoms with van der Waals surface area (Å²) in [5.41, 5.74) is 0.483. The van der Waals surface area contributed by atoms with E-state index >= 15 is 0 Å². The highest BCUT2D eigenvalue weighted by Crippen LogP contribution is 2.36. The first-order chi connectivity index (χ1) is 8.12. The number of hydrogen-bond acceptors (Lipinski definition) is 3. The molecule has 108 valence electrons. The summed E-state index contributed by atoms with van der Waals surface area (Å²) in [5.74, 6) is 0.869. The quantitative estimate of drug-likeness (QED) is 0.826. The summed E-state index contributed by atoms with van der Waals surface area (Å²) in [6, 6.07) is 0. The van der Waals surface area contributed by atoms with Crippen molar-refractivity contribution in [2.45, 2.75) is 37.6 Å². The van der Waals surface area contributed by atoms with Gasteiger partial charge in [0.25, 0.3) is 0 Å². The van der Waals surface area contributed by atoms with Crippen LogP contribution in [0.4, 0.5) is 0 Å². The largest absolute Gasteiger partial charge is 0.316 e. The van der Waals surface area contributed by atoms with Gasteiger partial charge < -0.3 is 15.1 Å². The Morgan fingerprint density at radius 2 is 1.89 bits per heavy atom. The maximum atomic E-state index is 3.52. The van der Waals surface area contributed by atoms with Gasteiger partial charge in [-0.15, -0.1) is 12.4 Å². The van der Waals surface area contributed by atoms with Crippen LogP contribution in [0.1, 0.15) is 32.1 Å². The van der Waals surface area contributed by atoms with Crippen LogP contribution in [0, 0.1) is 5.92 Å². The van der Waals surface area contributed by atoms with Gasteiger partial charge in [0.05, 0.1) is 0 Å². The van der Waals surface area contributed by atoms with Gasteiger partial charge in [-0.2, -0.15) is 0 Å². The molecule has 1 N–H and O–H groups in total. The van der Waals surface area contributed by atoms with Crippen LogP contribution in [0.25, 0.3) is 0 Å². The van der Waals surface area contributed by atoms with E-state index in [0.717, 1.165) is 5.92 Å².